The fraction of sp³-hybridized carbons (Fsp3) is 0.0714. The van der Waals surface area contributed by atoms with Crippen LogP contribution in [0.4, 0.5) is 11.4 Å². The molecule has 2 aromatic carbocycles. The van der Waals surface area contributed by atoms with Gasteiger partial charge in [0.05, 0.1) is 22.2 Å². The number of amides is 1. The lowest BCUT2D eigenvalue weighted by molar-refractivity contribution is 0.102. The zero-order chi connectivity index (χ0) is 15.6. The van der Waals surface area contributed by atoms with Gasteiger partial charge in [-0.3, -0.25) is 4.79 Å². The summed E-state index contributed by atoms with van der Waals surface area (Å²) in [6, 6.07) is 7.66. The van der Waals surface area contributed by atoms with Crippen LogP contribution in [0.15, 0.2) is 30.3 Å². The van der Waals surface area contributed by atoms with E-state index >= 15 is 0 Å². The van der Waals surface area contributed by atoms with E-state index in [1.165, 1.54) is 19.2 Å². The van der Waals surface area contributed by atoms with Gasteiger partial charge < -0.3 is 15.8 Å². The number of carbonyl (C=O) groups is 1. The maximum atomic E-state index is 12.2. The molecule has 0 aliphatic heterocycles. The molecular formula is C14H11Cl3N2O2. The Morgan fingerprint density at radius 1 is 1.10 bits per heavy atom. The Balaban J connectivity index is 2.33. The highest BCUT2D eigenvalue weighted by Gasteiger charge is 2.15. The molecule has 110 valence electrons. The van der Waals surface area contributed by atoms with E-state index in [0.29, 0.717) is 32.7 Å². The van der Waals surface area contributed by atoms with Crippen molar-refractivity contribution >= 4 is 52.1 Å². The first-order valence-electron chi connectivity index (χ1n) is 5.81. The molecule has 0 bridgehead atoms. The number of hydrogen-bond acceptors (Lipinski definition) is 3. The molecule has 0 aliphatic rings. The van der Waals surface area contributed by atoms with Gasteiger partial charge in [0.2, 0.25) is 0 Å². The molecule has 4 nitrogen and oxygen atoms in total. The van der Waals surface area contributed by atoms with Crippen molar-refractivity contribution in [1.82, 2.24) is 0 Å². The fourth-order valence-corrected chi connectivity index (χ4v) is 2.27. The van der Waals surface area contributed by atoms with Crippen LogP contribution in [0.5, 0.6) is 5.75 Å². The predicted octanol–water partition coefficient (Wildman–Crippen LogP) is 4.49. The summed E-state index contributed by atoms with van der Waals surface area (Å²) < 4.78 is 5.16. The first-order valence-corrected chi connectivity index (χ1v) is 6.95. The summed E-state index contributed by atoms with van der Waals surface area (Å²) in [5.41, 5.74) is 6.79. The molecule has 2 rings (SSSR count). The average Bonchev–Trinajstić information content (AvgIpc) is 2.44. The Labute approximate surface area is 136 Å². The molecule has 0 aliphatic carbocycles. The second-order valence-corrected chi connectivity index (χ2v) is 5.38. The molecule has 1 amide bonds. The van der Waals surface area contributed by atoms with E-state index in [1.807, 2.05) is 0 Å². The molecule has 0 atom stereocenters. The van der Waals surface area contributed by atoms with Crippen LogP contribution in [0.2, 0.25) is 15.1 Å². The molecule has 0 aromatic heterocycles. The largest absolute Gasteiger partial charge is 0.494 e. The average molecular weight is 346 g/mol. The molecule has 21 heavy (non-hydrogen) atoms. The van der Waals surface area contributed by atoms with E-state index in [-0.39, 0.29) is 5.02 Å². The number of nitrogens with two attached hydrogens (primary N) is 1. The number of anilines is 2. The van der Waals surface area contributed by atoms with Gasteiger partial charge in [0.15, 0.2) is 0 Å². The van der Waals surface area contributed by atoms with Crippen molar-refractivity contribution in [2.45, 2.75) is 0 Å². The van der Waals surface area contributed by atoms with Gasteiger partial charge in [-0.15, -0.1) is 0 Å². The summed E-state index contributed by atoms with van der Waals surface area (Å²) in [7, 11) is 1.46. The molecule has 0 heterocycles. The fourth-order valence-electron chi connectivity index (χ4n) is 1.71. The van der Waals surface area contributed by atoms with E-state index in [1.54, 1.807) is 18.2 Å². The Kier molecular flexibility index (Phi) is 4.83. The smallest absolute Gasteiger partial charge is 0.255 e. The summed E-state index contributed by atoms with van der Waals surface area (Å²) in [6.07, 6.45) is 0. The van der Waals surface area contributed by atoms with Gasteiger partial charge in [-0.25, -0.2) is 0 Å². The van der Waals surface area contributed by atoms with Crippen molar-refractivity contribution in [1.29, 1.82) is 0 Å². The summed E-state index contributed by atoms with van der Waals surface area (Å²) in [5, 5.41) is 3.61. The molecule has 3 N–H and O–H groups in total. The van der Waals surface area contributed by atoms with Crippen LogP contribution in [0, 0.1) is 0 Å². The molecule has 0 fully saturated rings. The zero-order valence-electron chi connectivity index (χ0n) is 10.9. The van der Waals surface area contributed by atoms with Crippen molar-refractivity contribution < 1.29 is 9.53 Å². The second kappa shape index (κ2) is 6.43. The van der Waals surface area contributed by atoms with Gasteiger partial charge >= 0.3 is 0 Å². The topological polar surface area (TPSA) is 64.3 Å². The number of nitrogens with one attached hydrogen (secondary N) is 1. The summed E-state index contributed by atoms with van der Waals surface area (Å²) >= 11 is 17.8. The maximum absolute atomic E-state index is 12.2. The number of methoxy groups -OCH3 is 1. The lowest BCUT2D eigenvalue weighted by atomic mass is 10.2. The minimum absolute atomic E-state index is 0.278. The molecule has 2 aromatic rings. The maximum Gasteiger partial charge on any atom is 0.255 e. The predicted molar refractivity (Wildman–Crippen MR) is 86.8 cm³/mol. The molecule has 0 spiro atoms. The molecule has 0 radical (unpaired) electrons. The molecule has 0 unspecified atom stereocenters. The third-order valence-electron chi connectivity index (χ3n) is 2.72. The Morgan fingerprint density at radius 2 is 1.81 bits per heavy atom. The molecular weight excluding hydrogens is 335 g/mol. The number of halogens is 3. The molecule has 7 heteroatoms. The van der Waals surface area contributed by atoms with E-state index in [4.69, 9.17) is 45.3 Å². The normalized spacial score (nSPS) is 10.3. The van der Waals surface area contributed by atoms with Crippen molar-refractivity contribution in [3.63, 3.8) is 0 Å². The molecule has 0 saturated carbocycles. The van der Waals surface area contributed by atoms with Crippen LogP contribution in [-0.4, -0.2) is 13.0 Å². The van der Waals surface area contributed by atoms with E-state index in [9.17, 15) is 4.79 Å². The van der Waals surface area contributed by atoms with Crippen LogP contribution in [0.25, 0.3) is 0 Å². The summed E-state index contributed by atoms with van der Waals surface area (Å²) in [5.74, 6) is -0.0213. The quantitative estimate of drug-likeness (QED) is 0.806. The number of ether oxygens (including phenoxy) is 1. The van der Waals surface area contributed by atoms with Gasteiger partial charge in [-0.1, -0.05) is 34.8 Å². The van der Waals surface area contributed by atoms with E-state index < -0.39 is 5.91 Å². The highest BCUT2D eigenvalue weighted by Crippen LogP contribution is 2.35. The molecule has 0 saturated heterocycles. The van der Waals surface area contributed by atoms with Crippen LogP contribution in [0.3, 0.4) is 0 Å². The number of carbonyl (C=O) groups excluding carboxylic acids is 1. The monoisotopic (exact) mass is 344 g/mol. The minimum atomic E-state index is -0.390. The van der Waals surface area contributed by atoms with Crippen LogP contribution in [-0.2, 0) is 0 Å². The van der Waals surface area contributed by atoms with Crippen LogP contribution >= 0.6 is 34.8 Å². The van der Waals surface area contributed by atoms with E-state index in [0.717, 1.165) is 0 Å². The third kappa shape index (κ3) is 3.53. The second-order valence-electron chi connectivity index (χ2n) is 4.16. The third-order valence-corrected chi connectivity index (χ3v) is 3.75. The minimum Gasteiger partial charge on any atom is -0.494 e. The lowest BCUT2D eigenvalue weighted by Crippen LogP contribution is -2.13. The van der Waals surface area contributed by atoms with Crippen molar-refractivity contribution in [2.24, 2.45) is 0 Å². The summed E-state index contributed by atoms with van der Waals surface area (Å²) in [4.78, 5) is 12.2. The first kappa shape index (κ1) is 15.8. The van der Waals surface area contributed by atoms with Gasteiger partial charge in [-0.05, 0) is 24.3 Å². The van der Waals surface area contributed by atoms with Gasteiger partial charge in [0.25, 0.3) is 5.91 Å². The Bertz CT molecular complexity index is 705. The van der Waals surface area contributed by atoms with Crippen LogP contribution < -0.4 is 15.8 Å². The first-order chi connectivity index (χ1) is 9.92. The van der Waals surface area contributed by atoms with Gasteiger partial charge in [-0.2, -0.15) is 0 Å². The number of nitrogen functional groups attached to an aromatic ring is 1. The van der Waals surface area contributed by atoms with E-state index in [2.05, 4.69) is 5.32 Å². The van der Waals surface area contributed by atoms with Crippen molar-refractivity contribution in [3.8, 4) is 5.75 Å². The number of rotatable bonds is 3. The highest BCUT2D eigenvalue weighted by atomic mass is 35.5. The van der Waals surface area contributed by atoms with Gasteiger partial charge in [0.1, 0.15) is 11.4 Å². The Morgan fingerprint density at radius 3 is 2.43 bits per heavy atom. The highest BCUT2D eigenvalue weighted by molar-refractivity contribution is 6.42. The Hall–Kier alpha value is -1.62. The number of benzene rings is 2. The SMILES string of the molecule is COc1cc(N)cc(Cl)c1NC(=O)c1ccc(Cl)c(Cl)c1. The summed E-state index contributed by atoms with van der Waals surface area (Å²) in [6.45, 7) is 0. The van der Waals surface area contributed by atoms with Gasteiger partial charge in [0, 0.05) is 17.3 Å². The van der Waals surface area contributed by atoms with Crippen molar-refractivity contribution in [2.75, 3.05) is 18.2 Å². The standard InChI is InChI=1S/C14H11Cl3N2O2/c1-21-12-6-8(18)5-11(17)13(12)19-14(20)7-2-3-9(15)10(16)4-7/h2-6H,18H2,1H3,(H,19,20). The lowest BCUT2D eigenvalue weighted by Gasteiger charge is -2.13. The van der Waals surface area contributed by atoms with Crippen LogP contribution in [0.1, 0.15) is 10.4 Å². The number of hydrogen-bond donors (Lipinski definition) is 2. The zero-order valence-corrected chi connectivity index (χ0v) is 13.2. The van der Waals surface area contributed by atoms with Crippen molar-refractivity contribution in [3.05, 3.63) is 51.0 Å².